The molecule has 118 valence electrons. The molecule has 4 nitrogen and oxygen atoms in total. The van der Waals surface area contributed by atoms with Gasteiger partial charge in [-0.25, -0.2) is 0 Å². The highest BCUT2D eigenvalue weighted by molar-refractivity contribution is 9.10. The summed E-state index contributed by atoms with van der Waals surface area (Å²) in [6.45, 7) is 1.20. The van der Waals surface area contributed by atoms with Crippen molar-refractivity contribution in [1.29, 1.82) is 0 Å². The third kappa shape index (κ3) is 3.74. The second kappa shape index (κ2) is 6.87. The van der Waals surface area contributed by atoms with Crippen molar-refractivity contribution in [1.82, 2.24) is 0 Å². The molecule has 0 atom stereocenters. The summed E-state index contributed by atoms with van der Waals surface area (Å²) in [5.41, 5.74) is 7.80. The minimum absolute atomic E-state index is 0.107. The van der Waals surface area contributed by atoms with Gasteiger partial charge in [-0.2, -0.15) is 0 Å². The molecule has 1 aliphatic heterocycles. The molecule has 23 heavy (non-hydrogen) atoms. The van der Waals surface area contributed by atoms with E-state index in [4.69, 9.17) is 15.2 Å². The Morgan fingerprint density at radius 2 is 1.74 bits per heavy atom. The molecule has 0 saturated heterocycles. The maximum Gasteiger partial charge on any atom is 0.187 e. The quantitative estimate of drug-likeness (QED) is 0.500. The Morgan fingerprint density at radius 1 is 1.09 bits per heavy atom. The average Bonchev–Trinajstić information content (AvgIpc) is 2.78. The number of ketones is 1. The van der Waals surface area contributed by atoms with Crippen molar-refractivity contribution in [3.63, 3.8) is 0 Å². The normalized spacial score (nSPS) is 13.8. The van der Waals surface area contributed by atoms with Crippen LogP contribution in [0.5, 0.6) is 11.5 Å². The van der Waals surface area contributed by atoms with E-state index in [2.05, 4.69) is 15.9 Å². The largest absolute Gasteiger partial charge is 0.490 e. The molecule has 0 unspecified atom stereocenters. The number of hydrogen-bond acceptors (Lipinski definition) is 4. The number of nitrogens with two attached hydrogens (primary N) is 1. The number of anilines is 1. The van der Waals surface area contributed by atoms with Crippen molar-refractivity contribution in [2.75, 3.05) is 18.9 Å². The van der Waals surface area contributed by atoms with E-state index in [1.807, 2.05) is 12.1 Å². The Labute approximate surface area is 143 Å². The van der Waals surface area contributed by atoms with Crippen molar-refractivity contribution in [3.8, 4) is 11.5 Å². The van der Waals surface area contributed by atoms with Crippen LogP contribution in [0.1, 0.15) is 22.3 Å². The van der Waals surface area contributed by atoms with Gasteiger partial charge < -0.3 is 15.2 Å². The summed E-state index contributed by atoms with van der Waals surface area (Å²) in [6.07, 6.45) is 4.12. The van der Waals surface area contributed by atoms with Gasteiger partial charge in [0.25, 0.3) is 0 Å². The molecule has 0 fully saturated rings. The zero-order chi connectivity index (χ0) is 16.2. The number of ether oxygens (including phenoxy) is 2. The molecule has 0 aliphatic carbocycles. The van der Waals surface area contributed by atoms with Crippen LogP contribution in [-0.2, 0) is 0 Å². The van der Waals surface area contributed by atoms with E-state index in [1.54, 1.807) is 30.3 Å². The number of fused-ring (bicyclic) bond motifs is 1. The van der Waals surface area contributed by atoms with Crippen molar-refractivity contribution < 1.29 is 14.3 Å². The molecule has 2 aromatic carbocycles. The molecular formula is C18H16BrNO3. The molecule has 0 saturated carbocycles. The van der Waals surface area contributed by atoms with Crippen LogP contribution in [0.15, 0.2) is 46.9 Å². The van der Waals surface area contributed by atoms with Gasteiger partial charge in [0.05, 0.1) is 13.2 Å². The fraction of sp³-hybridized carbons (Fsp3) is 0.167. The fourth-order valence-electron chi connectivity index (χ4n) is 2.24. The Bertz CT molecular complexity index is 754. The van der Waals surface area contributed by atoms with E-state index in [0.29, 0.717) is 40.4 Å². The van der Waals surface area contributed by atoms with Crippen LogP contribution >= 0.6 is 15.9 Å². The molecule has 2 aromatic rings. The third-order valence-electron chi connectivity index (χ3n) is 3.47. The van der Waals surface area contributed by atoms with E-state index < -0.39 is 0 Å². The van der Waals surface area contributed by atoms with Crippen LogP contribution in [-0.4, -0.2) is 19.0 Å². The first-order chi connectivity index (χ1) is 11.1. The van der Waals surface area contributed by atoms with Gasteiger partial charge in [-0.05, 0) is 51.8 Å². The second-order valence-electron chi connectivity index (χ2n) is 5.19. The maximum absolute atomic E-state index is 12.4. The maximum atomic E-state index is 12.4. The predicted octanol–water partition coefficient (Wildman–Crippen LogP) is 4.09. The number of benzene rings is 2. The lowest BCUT2D eigenvalue weighted by Gasteiger charge is -2.10. The van der Waals surface area contributed by atoms with E-state index >= 15 is 0 Å². The lowest BCUT2D eigenvalue weighted by Crippen LogP contribution is -1.99. The van der Waals surface area contributed by atoms with Gasteiger partial charge in [0.1, 0.15) is 0 Å². The lowest BCUT2D eigenvalue weighted by atomic mass is 10.1. The minimum atomic E-state index is -0.107. The molecule has 0 bridgehead atoms. The summed E-state index contributed by atoms with van der Waals surface area (Å²) in [5, 5.41) is 0. The Balaban J connectivity index is 1.84. The first-order valence-electron chi connectivity index (χ1n) is 7.30. The highest BCUT2D eigenvalue weighted by Gasteiger charge is 2.16. The molecule has 5 heteroatoms. The molecule has 1 aliphatic rings. The van der Waals surface area contributed by atoms with Crippen LogP contribution in [0.25, 0.3) is 6.08 Å². The third-order valence-corrected chi connectivity index (χ3v) is 4.12. The van der Waals surface area contributed by atoms with Gasteiger partial charge in [-0.15, -0.1) is 0 Å². The first-order valence-corrected chi connectivity index (χ1v) is 8.10. The van der Waals surface area contributed by atoms with Crippen molar-refractivity contribution in [2.45, 2.75) is 6.42 Å². The highest BCUT2D eigenvalue weighted by atomic mass is 79.9. The number of carbonyl (C=O) groups is 1. The van der Waals surface area contributed by atoms with E-state index in [0.717, 1.165) is 12.0 Å². The number of rotatable bonds is 3. The summed E-state index contributed by atoms with van der Waals surface area (Å²) in [7, 11) is 0. The number of nitrogen functional groups attached to an aromatic ring is 1. The molecule has 0 aromatic heterocycles. The van der Waals surface area contributed by atoms with E-state index in [9.17, 15) is 4.79 Å². The Kier molecular flexibility index (Phi) is 4.67. The molecule has 2 N–H and O–H groups in total. The van der Waals surface area contributed by atoms with Gasteiger partial charge >= 0.3 is 0 Å². The summed E-state index contributed by atoms with van der Waals surface area (Å²) in [5.74, 6) is 1.16. The van der Waals surface area contributed by atoms with Gasteiger partial charge in [-0.1, -0.05) is 18.2 Å². The van der Waals surface area contributed by atoms with Crippen molar-refractivity contribution >= 4 is 33.5 Å². The molecule has 0 spiro atoms. The number of allylic oxidation sites excluding steroid dienone is 1. The standard InChI is InChI=1S/C18H16BrNO3/c19-15-11-18-17(22-8-1-9-23-18)10-14(15)16(21)7-4-12-2-5-13(20)6-3-12/h2-7,10-11H,1,8-9,20H2. The van der Waals surface area contributed by atoms with Gasteiger partial charge in [0, 0.05) is 22.1 Å². The SMILES string of the molecule is Nc1ccc(C=CC(=O)c2cc3c(cc2Br)OCCCO3)cc1. The summed E-state index contributed by atoms with van der Waals surface area (Å²) >= 11 is 3.43. The number of hydrogen-bond donors (Lipinski definition) is 1. The first kappa shape index (κ1) is 15.6. The molecule has 0 amide bonds. The topological polar surface area (TPSA) is 61.6 Å². The van der Waals surface area contributed by atoms with Crippen LogP contribution in [0.4, 0.5) is 5.69 Å². The highest BCUT2D eigenvalue weighted by Crippen LogP contribution is 2.35. The zero-order valence-corrected chi connectivity index (χ0v) is 14.0. The summed E-state index contributed by atoms with van der Waals surface area (Å²) in [4.78, 5) is 12.4. The Morgan fingerprint density at radius 3 is 2.43 bits per heavy atom. The van der Waals surface area contributed by atoms with Crippen LogP contribution in [0.2, 0.25) is 0 Å². The van der Waals surface area contributed by atoms with Crippen molar-refractivity contribution in [2.24, 2.45) is 0 Å². The average molecular weight is 374 g/mol. The smallest absolute Gasteiger partial charge is 0.187 e. The zero-order valence-electron chi connectivity index (χ0n) is 12.4. The monoisotopic (exact) mass is 373 g/mol. The van der Waals surface area contributed by atoms with Gasteiger partial charge in [0.2, 0.25) is 0 Å². The Hall–Kier alpha value is -2.27. The summed E-state index contributed by atoms with van der Waals surface area (Å²) in [6, 6.07) is 10.8. The van der Waals surface area contributed by atoms with Crippen LogP contribution in [0.3, 0.4) is 0 Å². The number of carbonyl (C=O) groups excluding carboxylic acids is 1. The summed E-state index contributed by atoms with van der Waals surface area (Å²) < 4.78 is 11.9. The predicted molar refractivity (Wildman–Crippen MR) is 94.0 cm³/mol. The van der Waals surface area contributed by atoms with Gasteiger partial charge in [0.15, 0.2) is 17.3 Å². The molecule has 1 heterocycles. The minimum Gasteiger partial charge on any atom is -0.490 e. The molecule has 0 radical (unpaired) electrons. The van der Waals surface area contributed by atoms with E-state index in [-0.39, 0.29) is 5.78 Å². The van der Waals surface area contributed by atoms with Crippen LogP contribution < -0.4 is 15.2 Å². The fourth-order valence-corrected chi connectivity index (χ4v) is 2.76. The molecule has 3 rings (SSSR count). The number of halogens is 1. The van der Waals surface area contributed by atoms with Crippen molar-refractivity contribution in [3.05, 3.63) is 58.1 Å². The van der Waals surface area contributed by atoms with Crippen LogP contribution in [0, 0.1) is 0 Å². The van der Waals surface area contributed by atoms with E-state index in [1.165, 1.54) is 6.08 Å². The second-order valence-corrected chi connectivity index (χ2v) is 6.05. The lowest BCUT2D eigenvalue weighted by molar-refractivity contribution is 0.104. The van der Waals surface area contributed by atoms with Gasteiger partial charge in [-0.3, -0.25) is 4.79 Å². The molecular weight excluding hydrogens is 358 g/mol.